The first-order chi connectivity index (χ1) is 8.98. The molecule has 1 aliphatic heterocycles. The number of anilines is 1. The number of nitrogens with two attached hydrogens (primary N) is 1. The van der Waals surface area contributed by atoms with Crippen LogP contribution >= 0.6 is 11.6 Å². The molecule has 0 radical (unpaired) electrons. The first kappa shape index (κ1) is 12.7. The molecule has 6 heteroatoms. The second kappa shape index (κ2) is 4.34. The third kappa shape index (κ3) is 2.39. The van der Waals surface area contributed by atoms with Crippen LogP contribution in [0.2, 0.25) is 5.15 Å². The SMILES string of the molecule is CC1(C(N)=O)CCN(c2cc(Cl)nc(C3CC3)n2)C1. The van der Waals surface area contributed by atoms with Gasteiger partial charge < -0.3 is 10.6 Å². The molecule has 0 spiro atoms. The molecule has 3 rings (SSSR count). The van der Waals surface area contributed by atoms with Crippen LogP contribution in [0.5, 0.6) is 0 Å². The number of hydrogen-bond acceptors (Lipinski definition) is 4. The zero-order valence-electron chi connectivity index (χ0n) is 10.9. The van der Waals surface area contributed by atoms with Gasteiger partial charge in [-0.25, -0.2) is 9.97 Å². The van der Waals surface area contributed by atoms with E-state index < -0.39 is 5.41 Å². The Bertz CT molecular complexity index is 531. The minimum atomic E-state index is -0.475. The van der Waals surface area contributed by atoms with Crippen LogP contribution in [0.1, 0.15) is 37.9 Å². The van der Waals surface area contributed by atoms with E-state index in [9.17, 15) is 4.79 Å². The molecule has 1 saturated carbocycles. The molecule has 1 aliphatic carbocycles. The Labute approximate surface area is 117 Å². The largest absolute Gasteiger partial charge is 0.369 e. The number of primary amides is 1. The van der Waals surface area contributed by atoms with E-state index in [0.29, 0.717) is 17.6 Å². The highest BCUT2D eigenvalue weighted by Gasteiger charge is 2.39. The van der Waals surface area contributed by atoms with E-state index in [1.165, 1.54) is 0 Å². The number of carbonyl (C=O) groups is 1. The van der Waals surface area contributed by atoms with Crippen LogP contribution in [0.15, 0.2) is 6.07 Å². The van der Waals surface area contributed by atoms with E-state index in [-0.39, 0.29) is 5.91 Å². The summed E-state index contributed by atoms with van der Waals surface area (Å²) in [5, 5.41) is 0.472. The number of halogens is 1. The van der Waals surface area contributed by atoms with Crippen LogP contribution in [0, 0.1) is 5.41 Å². The van der Waals surface area contributed by atoms with Gasteiger partial charge in [-0.05, 0) is 26.2 Å². The van der Waals surface area contributed by atoms with Crippen molar-refractivity contribution in [3.8, 4) is 0 Å². The Hall–Kier alpha value is -1.36. The maximum Gasteiger partial charge on any atom is 0.225 e. The molecule has 1 aromatic heterocycles. The predicted molar refractivity (Wildman–Crippen MR) is 73.1 cm³/mol. The number of aromatic nitrogens is 2. The zero-order valence-corrected chi connectivity index (χ0v) is 11.7. The third-order valence-electron chi connectivity index (χ3n) is 4.03. The van der Waals surface area contributed by atoms with Crippen molar-refractivity contribution in [1.82, 2.24) is 9.97 Å². The second-order valence-electron chi connectivity index (χ2n) is 5.78. The van der Waals surface area contributed by atoms with Crippen molar-refractivity contribution in [3.63, 3.8) is 0 Å². The molecule has 0 bridgehead atoms. The lowest BCUT2D eigenvalue weighted by Gasteiger charge is -2.22. The maximum absolute atomic E-state index is 11.5. The van der Waals surface area contributed by atoms with Crippen molar-refractivity contribution in [2.45, 2.75) is 32.1 Å². The van der Waals surface area contributed by atoms with Gasteiger partial charge in [0.15, 0.2) is 0 Å². The van der Waals surface area contributed by atoms with Crippen molar-refractivity contribution in [1.29, 1.82) is 0 Å². The Morgan fingerprint density at radius 3 is 2.84 bits per heavy atom. The van der Waals surface area contributed by atoms with E-state index in [1.807, 2.05) is 6.92 Å². The summed E-state index contributed by atoms with van der Waals surface area (Å²) in [6.07, 6.45) is 3.03. The van der Waals surface area contributed by atoms with Gasteiger partial charge in [0.1, 0.15) is 16.8 Å². The number of nitrogens with zero attached hydrogens (tertiary/aromatic N) is 3. The molecule has 102 valence electrons. The van der Waals surface area contributed by atoms with Gasteiger partial charge in [-0.3, -0.25) is 4.79 Å². The van der Waals surface area contributed by atoms with Gasteiger partial charge in [0.25, 0.3) is 0 Å². The van der Waals surface area contributed by atoms with E-state index in [0.717, 1.165) is 37.4 Å². The first-order valence-corrected chi connectivity index (χ1v) is 6.95. The highest BCUT2D eigenvalue weighted by Crippen LogP contribution is 2.40. The van der Waals surface area contributed by atoms with Crippen LogP contribution in [0.4, 0.5) is 5.82 Å². The fraction of sp³-hybridized carbons (Fsp3) is 0.615. The van der Waals surface area contributed by atoms with Crippen molar-refractivity contribution in [3.05, 3.63) is 17.0 Å². The lowest BCUT2D eigenvalue weighted by molar-refractivity contribution is -0.125. The smallest absolute Gasteiger partial charge is 0.225 e. The average molecular weight is 281 g/mol. The van der Waals surface area contributed by atoms with E-state index >= 15 is 0 Å². The van der Waals surface area contributed by atoms with E-state index in [2.05, 4.69) is 14.9 Å². The predicted octanol–water partition coefficient (Wildman–Crippen LogP) is 1.71. The standard InChI is InChI=1S/C13H17ClN4O/c1-13(12(15)19)4-5-18(7-13)10-6-9(14)16-11(17-10)8-2-3-8/h6,8H,2-5,7H2,1H3,(H2,15,19). The van der Waals surface area contributed by atoms with Crippen LogP contribution in [-0.4, -0.2) is 29.0 Å². The number of rotatable bonds is 3. The van der Waals surface area contributed by atoms with E-state index in [1.54, 1.807) is 6.07 Å². The molecule has 1 unspecified atom stereocenters. The third-order valence-corrected chi connectivity index (χ3v) is 4.23. The first-order valence-electron chi connectivity index (χ1n) is 6.57. The minimum Gasteiger partial charge on any atom is -0.369 e. The molecule has 0 aromatic carbocycles. The minimum absolute atomic E-state index is 0.252. The van der Waals surface area contributed by atoms with Crippen LogP contribution in [0.25, 0.3) is 0 Å². The molecule has 2 heterocycles. The number of carbonyl (C=O) groups excluding carboxylic acids is 1. The molecule has 1 aromatic rings. The summed E-state index contributed by atoms with van der Waals surface area (Å²) in [5.74, 6) is 1.85. The molecule has 1 atom stereocenters. The summed E-state index contributed by atoms with van der Waals surface area (Å²) in [6.45, 7) is 3.27. The quantitative estimate of drug-likeness (QED) is 0.856. The molecule has 2 aliphatic rings. The fourth-order valence-electron chi connectivity index (χ4n) is 2.47. The van der Waals surface area contributed by atoms with Crippen molar-refractivity contribution in [2.75, 3.05) is 18.0 Å². The summed E-state index contributed by atoms with van der Waals surface area (Å²) in [5.41, 5.74) is 4.99. The van der Waals surface area contributed by atoms with Crippen molar-refractivity contribution in [2.24, 2.45) is 11.1 Å². The fourth-order valence-corrected chi connectivity index (χ4v) is 2.65. The normalized spacial score (nSPS) is 26.7. The highest BCUT2D eigenvalue weighted by molar-refractivity contribution is 6.29. The van der Waals surface area contributed by atoms with Crippen LogP contribution in [-0.2, 0) is 4.79 Å². The zero-order chi connectivity index (χ0) is 13.6. The van der Waals surface area contributed by atoms with Crippen molar-refractivity contribution < 1.29 is 4.79 Å². The molecule has 2 fully saturated rings. The van der Waals surface area contributed by atoms with E-state index in [4.69, 9.17) is 17.3 Å². The van der Waals surface area contributed by atoms with Gasteiger partial charge in [0, 0.05) is 25.1 Å². The Morgan fingerprint density at radius 2 is 2.26 bits per heavy atom. The van der Waals surface area contributed by atoms with Gasteiger partial charge in [0.2, 0.25) is 5.91 Å². The molecule has 1 saturated heterocycles. The highest BCUT2D eigenvalue weighted by atomic mass is 35.5. The second-order valence-corrected chi connectivity index (χ2v) is 6.17. The molecular weight excluding hydrogens is 264 g/mol. The number of amides is 1. The Kier molecular flexibility index (Phi) is 2.89. The molecule has 5 nitrogen and oxygen atoms in total. The maximum atomic E-state index is 11.5. The monoisotopic (exact) mass is 280 g/mol. The Morgan fingerprint density at radius 1 is 1.53 bits per heavy atom. The molecule has 2 N–H and O–H groups in total. The average Bonchev–Trinajstić information content (AvgIpc) is 3.12. The van der Waals surface area contributed by atoms with Gasteiger partial charge >= 0.3 is 0 Å². The summed E-state index contributed by atoms with van der Waals surface area (Å²) in [7, 11) is 0. The lowest BCUT2D eigenvalue weighted by Crippen LogP contribution is -2.37. The van der Waals surface area contributed by atoms with Crippen LogP contribution < -0.4 is 10.6 Å². The summed E-state index contributed by atoms with van der Waals surface area (Å²) >= 11 is 6.06. The van der Waals surface area contributed by atoms with Crippen LogP contribution in [0.3, 0.4) is 0 Å². The van der Waals surface area contributed by atoms with Crippen molar-refractivity contribution >= 4 is 23.3 Å². The van der Waals surface area contributed by atoms with Gasteiger partial charge in [-0.2, -0.15) is 0 Å². The summed E-state index contributed by atoms with van der Waals surface area (Å²) < 4.78 is 0. The lowest BCUT2D eigenvalue weighted by atomic mass is 9.89. The summed E-state index contributed by atoms with van der Waals surface area (Å²) in [6, 6.07) is 1.76. The molecule has 1 amide bonds. The van der Waals surface area contributed by atoms with Gasteiger partial charge in [-0.1, -0.05) is 11.6 Å². The summed E-state index contributed by atoms with van der Waals surface area (Å²) in [4.78, 5) is 22.4. The molecule has 19 heavy (non-hydrogen) atoms. The number of hydrogen-bond donors (Lipinski definition) is 1. The Balaban J connectivity index is 1.85. The van der Waals surface area contributed by atoms with Gasteiger partial charge in [0.05, 0.1) is 5.41 Å². The topological polar surface area (TPSA) is 72.1 Å². The molecular formula is C13H17ClN4O. The van der Waals surface area contributed by atoms with Gasteiger partial charge in [-0.15, -0.1) is 0 Å².